The fraction of sp³-hybridized carbons (Fsp3) is 0.118. The van der Waals surface area contributed by atoms with Crippen molar-refractivity contribution in [2.45, 2.75) is 0 Å². The van der Waals surface area contributed by atoms with Crippen LogP contribution in [0.5, 0.6) is 0 Å². The van der Waals surface area contributed by atoms with Crippen LogP contribution in [0, 0.1) is 0 Å². The van der Waals surface area contributed by atoms with Gasteiger partial charge in [-0.3, -0.25) is 0 Å². The fourth-order valence-electron chi connectivity index (χ4n) is 2.40. The van der Waals surface area contributed by atoms with Crippen molar-refractivity contribution in [2.24, 2.45) is 14.1 Å². The molecule has 0 bridgehead atoms. The Labute approximate surface area is 161 Å². The predicted octanol–water partition coefficient (Wildman–Crippen LogP) is 1.96. The molecule has 0 radical (unpaired) electrons. The zero-order valence-corrected chi connectivity index (χ0v) is 18.9. The molecule has 0 aliphatic rings. The first-order chi connectivity index (χ1) is 10.7. The molecule has 3 aromatic rings. The van der Waals surface area contributed by atoms with E-state index in [4.69, 9.17) is 0 Å². The van der Waals surface area contributed by atoms with Crippen LogP contribution in [-0.4, -0.2) is 4.68 Å². The van der Waals surface area contributed by atoms with Crippen molar-refractivity contribution in [3.05, 3.63) is 66.7 Å². The molecule has 0 aliphatic heterocycles. The van der Waals surface area contributed by atoms with E-state index in [1.807, 2.05) is 12.1 Å². The Bertz CT molecular complexity index is 650. The molecule has 22 heavy (non-hydrogen) atoms. The number of halogens is 3. The summed E-state index contributed by atoms with van der Waals surface area (Å²) in [5.74, 6) is 0. The molecule has 0 atom stereocenters. The van der Waals surface area contributed by atoms with E-state index in [-0.39, 0.29) is 0 Å². The van der Waals surface area contributed by atoms with Gasteiger partial charge in [-0.2, -0.15) is 4.68 Å². The van der Waals surface area contributed by atoms with Gasteiger partial charge in [0.2, 0.25) is 5.69 Å². The van der Waals surface area contributed by atoms with E-state index in [1.165, 1.54) is 22.5 Å². The molecule has 0 fully saturated rings. The van der Waals surface area contributed by atoms with Crippen molar-refractivity contribution in [2.75, 3.05) is 0 Å². The van der Waals surface area contributed by atoms with Crippen molar-refractivity contribution >= 4 is 37.2 Å². The first-order valence-electron chi connectivity index (χ1n) is 6.73. The van der Waals surface area contributed by atoms with Crippen LogP contribution in [0.1, 0.15) is 0 Å². The van der Waals surface area contributed by atoms with Gasteiger partial charge in [-0.1, -0.05) is 48.5 Å². The topological polar surface area (TPSA) is 8.81 Å². The maximum atomic E-state index is 2.39. The zero-order valence-electron chi connectivity index (χ0n) is 12.4. The Morgan fingerprint density at radius 2 is 1.32 bits per heavy atom. The van der Waals surface area contributed by atoms with Gasteiger partial charge in [0.1, 0.15) is 5.69 Å². The van der Waals surface area contributed by atoms with Gasteiger partial charge in [0, 0.05) is 17.2 Å². The Hall–Kier alpha value is -0.160. The minimum absolute atomic E-state index is 0.530. The number of benzene rings is 2. The van der Waals surface area contributed by atoms with Crippen LogP contribution >= 0.6 is 37.2 Å². The average molecular weight is 630 g/mol. The van der Waals surface area contributed by atoms with Crippen molar-refractivity contribution in [3.63, 3.8) is 0 Å². The van der Waals surface area contributed by atoms with E-state index in [0.29, 0.717) is 13.3 Å². The Morgan fingerprint density at radius 3 is 1.82 bits per heavy atom. The molecule has 5 heteroatoms. The van der Waals surface area contributed by atoms with Crippen LogP contribution in [0.4, 0.5) is 0 Å². The van der Waals surface area contributed by atoms with Crippen LogP contribution in [0.25, 0.3) is 22.5 Å². The van der Waals surface area contributed by atoms with Gasteiger partial charge in [0.05, 0.1) is 7.05 Å². The second kappa shape index (κ2) is 9.21. The third-order valence-corrected chi connectivity index (χ3v) is 3.56. The van der Waals surface area contributed by atoms with Gasteiger partial charge < -0.3 is 0 Å². The number of aromatic nitrogens is 2. The predicted molar refractivity (Wildman–Crippen MR) is 106 cm³/mol. The number of nitrogens with zero attached hydrogens (tertiary/aromatic N) is 2. The molecule has 3 rings (SSSR count). The van der Waals surface area contributed by atoms with E-state index < -0.39 is 0 Å². The molecule has 2 aromatic carbocycles. The zero-order chi connectivity index (χ0) is 15.9. The molecular formula is C17H17I3N2. The van der Waals surface area contributed by atoms with E-state index in [2.05, 4.69) is 115 Å². The quantitative estimate of drug-likeness (QED) is 0.303. The second-order valence-corrected chi connectivity index (χ2v) is 21.0. The normalized spacial score (nSPS) is 10.2. The number of hydrogen-bond donors (Lipinski definition) is 0. The molecule has 116 valence electrons. The van der Waals surface area contributed by atoms with Gasteiger partial charge in [-0.15, -0.1) is 4.68 Å². The van der Waals surface area contributed by atoms with Gasteiger partial charge in [0.25, 0.3) is 0 Å². The summed E-state index contributed by atoms with van der Waals surface area (Å²) in [6, 6.07) is 23.2. The summed E-state index contributed by atoms with van der Waals surface area (Å²) in [6.45, 7) is 0. The van der Waals surface area contributed by atoms with Crippen molar-refractivity contribution in [1.29, 1.82) is 0 Å². The SMILES string of the molecule is Cn1c(-c2ccccc2)cc(-c2ccccc2)[n+]1C.I[I-]I. The fourth-order valence-corrected chi connectivity index (χ4v) is 2.40. The molecule has 0 aliphatic carbocycles. The van der Waals surface area contributed by atoms with Crippen LogP contribution in [0.3, 0.4) is 0 Å². The average Bonchev–Trinajstić information content (AvgIpc) is 2.86. The summed E-state index contributed by atoms with van der Waals surface area (Å²) in [6.07, 6.45) is 0. The van der Waals surface area contributed by atoms with Crippen LogP contribution in [0.15, 0.2) is 66.7 Å². The number of rotatable bonds is 2. The van der Waals surface area contributed by atoms with Crippen LogP contribution < -0.4 is 17.9 Å². The molecule has 0 unspecified atom stereocenters. The molecule has 0 saturated heterocycles. The first kappa shape index (κ1) is 18.2. The van der Waals surface area contributed by atoms with Gasteiger partial charge in [0.15, 0.2) is 7.05 Å². The Morgan fingerprint density at radius 1 is 0.864 bits per heavy atom. The van der Waals surface area contributed by atoms with E-state index >= 15 is 0 Å². The molecule has 0 saturated carbocycles. The maximum absolute atomic E-state index is 2.39. The van der Waals surface area contributed by atoms with E-state index in [9.17, 15) is 0 Å². The van der Waals surface area contributed by atoms with Gasteiger partial charge >= 0.3 is 50.5 Å². The molecule has 1 aromatic heterocycles. The molecule has 1 heterocycles. The summed E-state index contributed by atoms with van der Waals surface area (Å²) < 4.78 is 4.36. The van der Waals surface area contributed by atoms with Gasteiger partial charge in [-0.05, 0) is 12.1 Å². The molecular weight excluding hydrogens is 613 g/mol. The van der Waals surface area contributed by atoms with Gasteiger partial charge in [-0.25, -0.2) is 0 Å². The first-order valence-corrected chi connectivity index (χ1v) is 19.3. The standard InChI is InChI=1S/C17H17N2.I3/c1-18-16(14-9-5-3-6-10-14)13-17(19(18)2)15-11-7-4-8-12-15;1-3-2/h3-13H,1-2H3;/q+1;-1. The van der Waals surface area contributed by atoms with Crippen molar-refractivity contribution in [1.82, 2.24) is 4.68 Å². The van der Waals surface area contributed by atoms with Crippen molar-refractivity contribution in [3.8, 4) is 22.5 Å². The summed E-state index contributed by atoms with van der Waals surface area (Å²) in [4.78, 5) is 0. The Balaban J connectivity index is 0.000000545. The summed E-state index contributed by atoms with van der Waals surface area (Å²) in [7, 11) is 4.18. The minimum atomic E-state index is 0.530. The molecule has 0 spiro atoms. The summed E-state index contributed by atoms with van der Waals surface area (Å²) in [5.41, 5.74) is 4.93. The Kier molecular flexibility index (Phi) is 7.61. The van der Waals surface area contributed by atoms with Crippen LogP contribution in [-0.2, 0) is 14.1 Å². The van der Waals surface area contributed by atoms with E-state index in [1.54, 1.807) is 0 Å². The second-order valence-electron chi connectivity index (χ2n) is 4.75. The third-order valence-electron chi connectivity index (χ3n) is 3.56. The molecule has 0 N–H and O–H groups in total. The third kappa shape index (κ3) is 4.44. The van der Waals surface area contributed by atoms with E-state index in [0.717, 1.165) is 0 Å². The summed E-state index contributed by atoms with van der Waals surface area (Å²) >= 11 is 5.30. The monoisotopic (exact) mass is 630 g/mol. The van der Waals surface area contributed by atoms with Crippen LogP contribution in [0.2, 0.25) is 0 Å². The molecule has 2 nitrogen and oxygen atoms in total. The molecule has 0 amide bonds. The summed E-state index contributed by atoms with van der Waals surface area (Å²) in [5, 5.41) is 0. The van der Waals surface area contributed by atoms with Crippen molar-refractivity contribution < 1.29 is 17.9 Å². The number of hydrogen-bond acceptors (Lipinski definition) is 0.